The molecule has 1 N–H and O–H groups in total. The zero-order valence-corrected chi connectivity index (χ0v) is 15.5. The summed E-state index contributed by atoms with van der Waals surface area (Å²) in [7, 11) is 0. The first-order chi connectivity index (χ1) is 9.95. The summed E-state index contributed by atoms with van der Waals surface area (Å²) in [5.74, 6) is 1.79. The van der Waals surface area contributed by atoms with Crippen LogP contribution in [-0.2, 0) is 6.54 Å². The third-order valence-corrected chi connectivity index (χ3v) is 4.74. The first-order valence-electron chi connectivity index (χ1n) is 6.89. The molecule has 1 aromatic carbocycles. The molecule has 5 heteroatoms. The molecule has 2 aromatic rings. The molecule has 0 aliphatic heterocycles. The maximum Gasteiger partial charge on any atom is 0.183 e. The van der Waals surface area contributed by atoms with Gasteiger partial charge in [-0.25, -0.2) is 0 Å². The molecule has 0 aliphatic rings. The van der Waals surface area contributed by atoms with Gasteiger partial charge < -0.3 is 14.5 Å². The summed E-state index contributed by atoms with van der Waals surface area (Å²) in [5.41, 5.74) is 1.22. The highest BCUT2D eigenvalue weighted by Gasteiger charge is 2.09. The largest absolute Gasteiger partial charge is 0.491 e. The number of rotatable bonds is 6. The highest BCUT2D eigenvalue weighted by molar-refractivity contribution is 9.13. The summed E-state index contributed by atoms with van der Waals surface area (Å²) in [6, 6.07) is 10.4. The van der Waals surface area contributed by atoms with Gasteiger partial charge in [0.05, 0.1) is 17.1 Å². The van der Waals surface area contributed by atoms with E-state index in [4.69, 9.17) is 9.15 Å². The van der Waals surface area contributed by atoms with Gasteiger partial charge in [0, 0.05) is 6.04 Å². The normalized spacial score (nSPS) is 12.7. The third kappa shape index (κ3) is 4.87. The van der Waals surface area contributed by atoms with E-state index in [-0.39, 0.29) is 12.1 Å². The first-order valence-corrected chi connectivity index (χ1v) is 8.48. The summed E-state index contributed by atoms with van der Waals surface area (Å²) in [6.07, 6.45) is 0.197. The molecule has 3 nitrogen and oxygen atoms in total. The molecule has 114 valence electrons. The van der Waals surface area contributed by atoms with E-state index in [9.17, 15) is 0 Å². The van der Waals surface area contributed by atoms with Crippen LogP contribution in [0.15, 0.2) is 43.9 Å². The molecular formula is C16H19Br2NO2. The molecular weight excluding hydrogens is 398 g/mol. The minimum atomic E-state index is 0.197. The van der Waals surface area contributed by atoms with Crippen LogP contribution in [0.4, 0.5) is 0 Å². The summed E-state index contributed by atoms with van der Waals surface area (Å²) in [6.45, 7) is 6.86. The lowest BCUT2D eigenvalue weighted by Crippen LogP contribution is -2.17. The Balaban J connectivity index is 1.92. The second-order valence-electron chi connectivity index (χ2n) is 5.17. The highest BCUT2D eigenvalue weighted by Crippen LogP contribution is 2.27. The Bertz CT molecular complexity index is 559. The van der Waals surface area contributed by atoms with Crippen molar-refractivity contribution in [1.82, 2.24) is 5.32 Å². The molecule has 1 heterocycles. The van der Waals surface area contributed by atoms with Crippen molar-refractivity contribution in [2.75, 3.05) is 0 Å². The average Bonchev–Trinajstić information content (AvgIpc) is 2.75. The molecule has 2 rings (SSSR count). The van der Waals surface area contributed by atoms with Gasteiger partial charge in [-0.2, -0.15) is 0 Å². The van der Waals surface area contributed by atoms with Gasteiger partial charge in [0.2, 0.25) is 0 Å². The number of halogens is 2. The predicted octanol–water partition coefficient (Wildman–Crippen LogP) is 5.44. The molecule has 0 saturated carbocycles. The number of hydrogen-bond acceptors (Lipinski definition) is 3. The molecule has 21 heavy (non-hydrogen) atoms. The molecule has 1 aromatic heterocycles. The molecule has 0 saturated heterocycles. The van der Waals surface area contributed by atoms with Gasteiger partial charge in [0.15, 0.2) is 4.67 Å². The van der Waals surface area contributed by atoms with E-state index in [0.717, 1.165) is 20.7 Å². The summed E-state index contributed by atoms with van der Waals surface area (Å²) in [5, 5.41) is 3.44. The Labute approximate surface area is 142 Å². The minimum Gasteiger partial charge on any atom is -0.491 e. The van der Waals surface area contributed by atoms with Crippen LogP contribution in [0.25, 0.3) is 0 Å². The van der Waals surface area contributed by atoms with E-state index in [0.29, 0.717) is 6.54 Å². The van der Waals surface area contributed by atoms with Gasteiger partial charge in [0.25, 0.3) is 0 Å². The summed E-state index contributed by atoms with van der Waals surface area (Å²) >= 11 is 6.75. The highest BCUT2D eigenvalue weighted by atomic mass is 79.9. The number of hydrogen-bond donors (Lipinski definition) is 1. The van der Waals surface area contributed by atoms with Crippen LogP contribution in [0.1, 0.15) is 38.1 Å². The number of furan rings is 1. The summed E-state index contributed by atoms with van der Waals surface area (Å²) < 4.78 is 12.9. The Morgan fingerprint density at radius 2 is 1.81 bits per heavy atom. The van der Waals surface area contributed by atoms with Crippen molar-refractivity contribution in [3.05, 3.63) is 50.8 Å². The molecule has 0 aliphatic carbocycles. The standard InChI is InChI=1S/C16H19Br2NO2/c1-10(2)20-13-6-4-12(5-7-13)11(3)19-9-14-8-15(17)16(18)21-14/h4-8,10-11,19H,9H2,1-3H3. The molecule has 0 radical (unpaired) electrons. The fraction of sp³-hybridized carbons (Fsp3) is 0.375. The van der Waals surface area contributed by atoms with Crippen LogP contribution in [-0.4, -0.2) is 6.10 Å². The Morgan fingerprint density at radius 3 is 2.33 bits per heavy atom. The van der Waals surface area contributed by atoms with Gasteiger partial charge in [-0.1, -0.05) is 12.1 Å². The zero-order valence-electron chi connectivity index (χ0n) is 12.3. The lowest BCUT2D eigenvalue weighted by Gasteiger charge is -2.15. The fourth-order valence-electron chi connectivity index (χ4n) is 1.96. The molecule has 0 bridgehead atoms. The number of nitrogens with one attached hydrogen (secondary N) is 1. The van der Waals surface area contributed by atoms with E-state index in [1.54, 1.807) is 0 Å². The van der Waals surface area contributed by atoms with Crippen LogP contribution in [0.5, 0.6) is 5.75 Å². The topological polar surface area (TPSA) is 34.4 Å². The van der Waals surface area contributed by atoms with Gasteiger partial charge >= 0.3 is 0 Å². The third-order valence-electron chi connectivity index (χ3n) is 3.03. The van der Waals surface area contributed by atoms with Crippen LogP contribution >= 0.6 is 31.9 Å². The Morgan fingerprint density at radius 1 is 1.14 bits per heavy atom. The molecule has 0 fully saturated rings. The fourth-order valence-corrected chi connectivity index (χ4v) is 2.62. The van der Waals surface area contributed by atoms with E-state index >= 15 is 0 Å². The van der Waals surface area contributed by atoms with Crippen LogP contribution in [0.2, 0.25) is 0 Å². The van der Waals surface area contributed by atoms with E-state index in [1.807, 2.05) is 32.0 Å². The maximum absolute atomic E-state index is 5.65. The quantitative estimate of drug-likeness (QED) is 0.680. The molecule has 1 unspecified atom stereocenters. The van der Waals surface area contributed by atoms with Crippen molar-refractivity contribution < 1.29 is 9.15 Å². The number of benzene rings is 1. The Hall–Kier alpha value is -0.780. The van der Waals surface area contributed by atoms with Crippen molar-refractivity contribution in [3.8, 4) is 5.75 Å². The minimum absolute atomic E-state index is 0.197. The lowest BCUT2D eigenvalue weighted by atomic mass is 10.1. The van der Waals surface area contributed by atoms with E-state index in [1.165, 1.54) is 5.56 Å². The molecule has 1 atom stereocenters. The van der Waals surface area contributed by atoms with Gasteiger partial charge in [-0.3, -0.25) is 0 Å². The zero-order chi connectivity index (χ0) is 15.4. The van der Waals surface area contributed by atoms with Crippen molar-refractivity contribution in [3.63, 3.8) is 0 Å². The first kappa shape index (κ1) is 16.6. The Kier molecular flexibility index (Phi) is 5.90. The van der Waals surface area contributed by atoms with Crippen LogP contribution in [0, 0.1) is 0 Å². The lowest BCUT2D eigenvalue weighted by molar-refractivity contribution is 0.242. The van der Waals surface area contributed by atoms with Crippen molar-refractivity contribution in [1.29, 1.82) is 0 Å². The monoisotopic (exact) mass is 415 g/mol. The second-order valence-corrected chi connectivity index (χ2v) is 6.75. The van der Waals surface area contributed by atoms with Crippen molar-refractivity contribution >= 4 is 31.9 Å². The summed E-state index contributed by atoms with van der Waals surface area (Å²) in [4.78, 5) is 0. The van der Waals surface area contributed by atoms with Gasteiger partial charge in [-0.15, -0.1) is 0 Å². The van der Waals surface area contributed by atoms with E-state index in [2.05, 4.69) is 56.2 Å². The maximum atomic E-state index is 5.65. The van der Waals surface area contributed by atoms with Crippen molar-refractivity contribution in [2.24, 2.45) is 0 Å². The predicted molar refractivity (Wildman–Crippen MR) is 91.6 cm³/mol. The smallest absolute Gasteiger partial charge is 0.183 e. The van der Waals surface area contributed by atoms with E-state index < -0.39 is 0 Å². The average molecular weight is 417 g/mol. The van der Waals surface area contributed by atoms with Gasteiger partial charge in [-0.05, 0) is 76.4 Å². The van der Waals surface area contributed by atoms with Gasteiger partial charge in [0.1, 0.15) is 11.5 Å². The second kappa shape index (κ2) is 7.47. The molecule has 0 amide bonds. The van der Waals surface area contributed by atoms with Crippen LogP contribution in [0.3, 0.4) is 0 Å². The van der Waals surface area contributed by atoms with Crippen molar-refractivity contribution in [2.45, 2.75) is 39.5 Å². The SMILES string of the molecule is CC(C)Oc1ccc(C(C)NCc2cc(Br)c(Br)o2)cc1. The molecule has 0 spiro atoms. The van der Waals surface area contributed by atoms with Crippen LogP contribution < -0.4 is 10.1 Å². The number of ether oxygens (including phenoxy) is 1.